The SMILES string of the molecule is C.Cc1ccc(NC(=O)c2ccc(CN3CC[N+](C)(COC(=O)OC(C)C)CC3)cc2)cc1Nc1nccc(-c2cccnc2)n1. The average molecular weight is 627 g/mol. The summed E-state index contributed by atoms with van der Waals surface area (Å²) in [7, 11) is 2.09. The first-order chi connectivity index (χ1) is 21.7. The Morgan fingerprint density at radius 3 is 2.48 bits per heavy atom. The third kappa shape index (κ3) is 9.32. The molecule has 0 unspecified atom stereocenters. The Balaban J connectivity index is 0.00000480. The Morgan fingerprint density at radius 1 is 1.02 bits per heavy atom. The van der Waals surface area contributed by atoms with Crippen LogP contribution in [0.4, 0.5) is 22.1 Å². The van der Waals surface area contributed by atoms with Crippen LogP contribution in [0.1, 0.15) is 42.8 Å². The Hall–Kier alpha value is -4.87. The number of piperazine rings is 1. The quantitative estimate of drug-likeness (QED) is 0.155. The van der Waals surface area contributed by atoms with E-state index in [1.807, 2.05) is 67.6 Å². The average Bonchev–Trinajstić information content (AvgIpc) is 3.03. The molecule has 1 saturated heterocycles. The van der Waals surface area contributed by atoms with Crippen LogP contribution in [-0.2, 0) is 16.0 Å². The van der Waals surface area contributed by atoms with Crippen molar-refractivity contribution in [1.82, 2.24) is 19.9 Å². The van der Waals surface area contributed by atoms with Gasteiger partial charge in [0.25, 0.3) is 5.91 Å². The fourth-order valence-electron chi connectivity index (χ4n) is 4.98. The second-order valence-corrected chi connectivity index (χ2v) is 11.8. The summed E-state index contributed by atoms with van der Waals surface area (Å²) < 4.78 is 11.1. The van der Waals surface area contributed by atoms with Crippen LogP contribution < -0.4 is 10.6 Å². The molecular weight excluding hydrogens is 582 g/mol. The molecule has 3 heterocycles. The van der Waals surface area contributed by atoms with Crippen molar-refractivity contribution in [1.29, 1.82) is 0 Å². The summed E-state index contributed by atoms with van der Waals surface area (Å²) in [5.41, 5.74) is 5.83. The van der Waals surface area contributed by atoms with Gasteiger partial charge in [0.15, 0.2) is 0 Å². The van der Waals surface area contributed by atoms with Gasteiger partial charge in [0.2, 0.25) is 12.7 Å². The van der Waals surface area contributed by atoms with Crippen LogP contribution in [0.5, 0.6) is 0 Å². The van der Waals surface area contributed by atoms with E-state index in [0.717, 1.165) is 60.8 Å². The normalized spacial score (nSPS) is 14.2. The van der Waals surface area contributed by atoms with Gasteiger partial charge in [0.1, 0.15) is 0 Å². The maximum absolute atomic E-state index is 13.1. The van der Waals surface area contributed by atoms with Crippen LogP contribution in [-0.4, -0.2) is 82.5 Å². The van der Waals surface area contributed by atoms with E-state index in [1.165, 1.54) is 0 Å². The van der Waals surface area contributed by atoms with Crippen molar-refractivity contribution in [3.8, 4) is 11.3 Å². The summed E-state index contributed by atoms with van der Waals surface area (Å²) >= 11 is 0. The van der Waals surface area contributed by atoms with Gasteiger partial charge in [0.05, 0.1) is 31.9 Å². The van der Waals surface area contributed by atoms with Gasteiger partial charge >= 0.3 is 6.16 Å². The molecule has 1 fully saturated rings. The molecule has 5 rings (SSSR count). The number of ether oxygens (including phenoxy) is 2. The predicted octanol–water partition coefficient (Wildman–Crippen LogP) is 6.26. The molecule has 2 aromatic heterocycles. The number of benzene rings is 2. The molecule has 46 heavy (non-hydrogen) atoms. The van der Waals surface area contributed by atoms with E-state index < -0.39 is 6.16 Å². The fourth-order valence-corrected chi connectivity index (χ4v) is 4.98. The van der Waals surface area contributed by atoms with Crippen LogP contribution in [0.25, 0.3) is 11.3 Å². The zero-order chi connectivity index (χ0) is 31.8. The van der Waals surface area contributed by atoms with Gasteiger partial charge < -0.3 is 20.1 Å². The van der Waals surface area contributed by atoms with E-state index in [9.17, 15) is 9.59 Å². The number of amides is 1. The van der Waals surface area contributed by atoms with E-state index in [4.69, 9.17) is 9.47 Å². The summed E-state index contributed by atoms with van der Waals surface area (Å²) in [4.78, 5) is 40.4. The molecule has 0 bridgehead atoms. The number of hydrogen-bond donors (Lipinski definition) is 2. The minimum atomic E-state index is -0.618. The number of aromatic nitrogens is 3. The molecule has 0 saturated carbocycles. The molecule has 0 spiro atoms. The number of quaternary nitrogens is 1. The number of pyridine rings is 1. The second kappa shape index (κ2) is 15.4. The second-order valence-electron chi connectivity index (χ2n) is 11.8. The molecule has 0 radical (unpaired) electrons. The maximum atomic E-state index is 13.1. The Kier molecular flexibility index (Phi) is 11.4. The number of hydrogen-bond acceptors (Lipinski definition) is 9. The number of anilines is 3. The van der Waals surface area contributed by atoms with Crippen LogP contribution in [0.15, 0.2) is 79.3 Å². The number of rotatable bonds is 10. The lowest BCUT2D eigenvalue weighted by Gasteiger charge is -2.41. The summed E-state index contributed by atoms with van der Waals surface area (Å²) in [6, 6.07) is 19.1. The lowest BCUT2D eigenvalue weighted by Crippen LogP contribution is -2.58. The van der Waals surface area contributed by atoms with Crippen molar-refractivity contribution in [3.63, 3.8) is 0 Å². The summed E-state index contributed by atoms with van der Waals surface area (Å²) in [6.45, 7) is 10.2. The number of likely N-dealkylation sites (N-methyl/N-ethyl adjacent to an activating group) is 1. The third-order valence-corrected chi connectivity index (χ3v) is 7.72. The third-order valence-electron chi connectivity index (χ3n) is 7.72. The van der Waals surface area contributed by atoms with E-state index in [-0.39, 0.29) is 19.4 Å². The standard InChI is InChI=1S/C34H39N7O4.CH4/c1-24(2)45-34(43)44-23-41(4)18-16-40(17-19-41)22-26-8-10-27(11-9-26)32(42)37-29-12-7-25(3)31(20-29)39-33-36-15-13-30(38-33)28-6-5-14-35-21-28;/h5-15,20-21,24H,16-19,22-23H2,1-4H3,(H-,36,37,38,39,42);1H4/p+1. The highest BCUT2D eigenvalue weighted by atomic mass is 16.7. The molecule has 242 valence electrons. The van der Waals surface area contributed by atoms with Gasteiger partial charge in [0, 0.05) is 60.7 Å². The van der Waals surface area contributed by atoms with Crippen molar-refractivity contribution in [2.75, 3.05) is 50.6 Å². The van der Waals surface area contributed by atoms with Gasteiger partial charge in [-0.1, -0.05) is 25.6 Å². The topological polar surface area (TPSA) is 119 Å². The molecule has 11 heteroatoms. The molecule has 1 amide bonds. The van der Waals surface area contributed by atoms with Crippen molar-refractivity contribution in [2.24, 2.45) is 0 Å². The minimum Gasteiger partial charge on any atom is -0.431 e. The van der Waals surface area contributed by atoms with E-state index in [2.05, 4.69) is 37.5 Å². The van der Waals surface area contributed by atoms with E-state index in [0.29, 0.717) is 28.4 Å². The lowest BCUT2D eigenvalue weighted by atomic mass is 10.1. The highest BCUT2D eigenvalue weighted by Gasteiger charge is 2.30. The zero-order valence-corrected chi connectivity index (χ0v) is 26.2. The predicted molar refractivity (Wildman–Crippen MR) is 180 cm³/mol. The van der Waals surface area contributed by atoms with Gasteiger partial charge in [-0.25, -0.2) is 14.8 Å². The molecule has 0 atom stereocenters. The number of nitrogens with one attached hydrogen (secondary N) is 2. The van der Waals surface area contributed by atoms with E-state index >= 15 is 0 Å². The van der Waals surface area contributed by atoms with Crippen LogP contribution in [0, 0.1) is 6.92 Å². The molecule has 2 aromatic carbocycles. The van der Waals surface area contributed by atoms with Crippen molar-refractivity contribution < 1.29 is 23.5 Å². The first kappa shape index (κ1) is 34.0. The summed E-state index contributed by atoms with van der Waals surface area (Å²) in [5.74, 6) is 0.267. The summed E-state index contributed by atoms with van der Waals surface area (Å²) in [6.07, 6.45) is 4.37. The van der Waals surface area contributed by atoms with Gasteiger partial charge in [-0.15, -0.1) is 0 Å². The van der Waals surface area contributed by atoms with Crippen molar-refractivity contribution in [3.05, 3.63) is 95.9 Å². The highest BCUT2D eigenvalue weighted by Crippen LogP contribution is 2.25. The molecule has 2 N–H and O–H groups in total. The molecule has 1 aliphatic rings. The number of nitrogens with zero attached hydrogens (tertiary/aromatic N) is 5. The minimum absolute atomic E-state index is 0. The summed E-state index contributed by atoms with van der Waals surface area (Å²) in [5, 5.41) is 6.28. The largest absolute Gasteiger partial charge is 0.512 e. The van der Waals surface area contributed by atoms with E-state index in [1.54, 1.807) is 32.4 Å². The Labute approximate surface area is 271 Å². The monoisotopic (exact) mass is 626 g/mol. The highest BCUT2D eigenvalue weighted by molar-refractivity contribution is 6.04. The number of carbonyl (C=O) groups is 2. The van der Waals surface area contributed by atoms with Gasteiger partial charge in [-0.2, -0.15) is 0 Å². The molecule has 0 aliphatic carbocycles. The number of carbonyl (C=O) groups excluding carboxylic acids is 2. The fraction of sp³-hybridized carbons (Fsp3) is 0.343. The first-order valence-electron chi connectivity index (χ1n) is 15.1. The molecule has 4 aromatic rings. The maximum Gasteiger partial charge on any atom is 0.512 e. The van der Waals surface area contributed by atoms with Crippen molar-refractivity contribution >= 4 is 29.4 Å². The Morgan fingerprint density at radius 2 is 1.78 bits per heavy atom. The van der Waals surface area contributed by atoms with Gasteiger partial charge in [-0.3, -0.25) is 19.2 Å². The van der Waals surface area contributed by atoms with Crippen LogP contribution >= 0.6 is 0 Å². The zero-order valence-electron chi connectivity index (χ0n) is 26.2. The van der Waals surface area contributed by atoms with Gasteiger partial charge in [-0.05, 0) is 74.4 Å². The van der Waals surface area contributed by atoms with Crippen molar-refractivity contribution in [2.45, 2.75) is 40.8 Å². The lowest BCUT2D eigenvalue weighted by molar-refractivity contribution is -0.929. The molecule has 11 nitrogen and oxygen atoms in total. The molecule has 1 aliphatic heterocycles. The molecular formula is C35H44N7O4+. The smallest absolute Gasteiger partial charge is 0.431 e. The van der Waals surface area contributed by atoms with Crippen LogP contribution in [0.3, 0.4) is 0 Å². The number of aryl methyl sites for hydroxylation is 1. The first-order valence-corrected chi connectivity index (χ1v) is 15.1. The van der Waals surface area contributed by atoms with Crippen LogP contribution in [0.2, 0.25) is 0 Å². The Bertz CT molecular complexity index is 1610.